The highest BCUT2D eigenvalue weighted by atomic mass is 16.1. The maximum atomic E-state index is 12.6. The van der Waals surface area contributed by atoms with Gasteiger partial charge in [0.25, 0.3) is 5.91 Å². The molecule has 0 bridgehead atoms. The summed E-state index contributed by atoms with van der Waals surface area (Å²) in [5.41, 5.74) is 2.86. The van der Waals surface area contributed by atoms with E-state index in [0.29, 0.717) is 5.92 Å². The van der Waals surface area contributed by atoms with Crippen molar-refractivity contribution in [2.75, 3.05) is 6.54 Å². The van der Waals surface area contributed by atoms with Crippen molar-refractivity contribution in [3.8, 4) is 11.1 Å². The quantitative estimate of drug-likeness (QED) is 0.854. The maximum Gasteiger partial charge on any atom is 0.251 e. The van der Waals surface area contributed by atoms with Gasteiger partial charge in [-0.25, -0.2) is 0 Å². The van der Waals surface area contributed by atoms with E-state index in [2.05, 4.69) is 24.4 Å². The van der Waals surface area contributed by atoms with Gasteiger partial charge in [0.2, 0.25) is 0 Å². The van der Waals surface area contributed by atoms with Gasteiger partial charge in [0.1, 0.15) is 0 Å². The van der Waals surface area contributed by atoms with E-state index < -0.39 is 0 Å². The molecule has 2 aromatic rings. The number of carbonyl (C=O) groups excluding carboxylic acids is 1. The third kappa shape index (κ3) is 4.01. The van der Waals surface area contributed by atoms with Crippen molar-refractivity contribution in [2.24, 2.45) is 11.8 Å². The van der Waals surface area contributed by atoms with E-state index in [-0.39, 0.29) is 5.91 Å². The molecule has 2 aromatic carbocycles. The smallest absolute Gasteiger partial charge is 0.251 e. The fraction of sp³-hybridized carbons (Fsp3) is 0.381. The van der Waals surface area contributed by atoms with Crippen molar-refractivity contribution in [3.05, 3.63) is 60.2 Å². The van der Waals surface area contributed by atoms with E-state index >= 15 is 0 Å². The predicted octanol–water partition coefficient (Wildman–Crippen LogP) is 4.91. The van der Waals surface area contributed by atoms with Gasteiger partial charge in [-0.2, -0.15) is 0 Å². The van der Waals surface area contributed by atoms with Crippen LogP contribution >= 0.6 is 0 Å². The Balaban J connectivity index is 1.68. The molecule has 0 heterocycles. The van der Waals surface area contributed by atoms with Crippen LogP contribution in [0.25, 0.3) is 11.1 Å². The van der Waals surface area contributed by atoms with Crippen molar-refractivity contribution >= 4 is 5.91 Å². The topological polar surface area (TPSA) is 29.1 Å². The Kier molecular flexibility index (Phi) is 5.12. The molecular formula is C21H25NO. The van der Waals surface area contributed by atoms with E-state index in [0.717, 1.165) is 29.2 Å². The molecule has 0 aromatic heterocycles. The lowest BCUT2D eigenvalue weighted by Gasteiger charge is -2.26. The summed E-state index contributed by atoms with van der Waals surface area (Å²) < 4.78 is 0. The van der Waals surface area contributed by atoms with Gasteiger partial charge in [0.05, 0.1) is 0 Å². The number of hydrogen-bond donors (Lipinski definition) is 1. The van der Waals surface area contributed by atoms with Crippen LogP contribution in [0.1, 0.15) is 43.0 Å². The van der Waals surface area contributed by atoms with Gasteiger partial charge in [-0.05, 0) is 41.9 Å². The van der Waals surface area contributed by atoms with Crippen LogP contribution in [0.15, 0.2) is 54.6 Å². The van der Waals surface area contributed by atoms with E-state index in [4.69, 9.17) is 0 Å². The van der Waals surface area contributed by atoms with Crippen LogP contribution in [0, 0.1) is 11.8 Å². The molecule has 0 spiro atoms. The molecular weight excluding hydrogens is 282 g/mol. The second-order valence-corrected chi connectivity index (χ2v) is 6.75. The van der Waals surface area contributed by atoms with Crippen LogP contribution in [0.4, 0.5) is 0 Å². The highest BCUT2D eigenvalue weighted by Gasteiger charge is 2.19. The molecule has 0 atom stereocenters. The zero-order valence-corrected chi connectivity index (χ0v) is 13.8. The summed E-state index contributed by atoms with van der Waals surface area (Å²) in [6, 6.07) is 18.0. The number of hydrogen-bond acceptors (Lipinski definition) is 1. The molecule has 2 nitrogen and oxygen atoms in total. The molecule has 120 valence electrons. The molecule has 0 aliphatic heterocycles. The minimum Gasteiger partial charge on any atom is -0.352 e. The van der Waals surface area contributed by atoms with Crippen LogP contribution in [-0.4, -0.2) is 12.5 Å². The first-order valence-electron chi connectivity index (χ1n) is 8.66. The highest BCUT2D eigenvalue weighted by molar-refractivity contribution is 6.00. The molecule has 3 rings (SSSR count). The van der Waals surface area contributed by atoms with Gasteiger partial charge >= 0.3 is 0 Å². The first-order valence-corrected chi connectivity index (χ1v) is 8.66. The Hall–Kier alpha value is -2.09. The SMILES string of the molecule is CC1CCC(CNC(=O)c2ccccc2-c2ccccc2)CC1. The molecule has 1 amide bonds. The van der Waals surface area contributed by atoms with Crippen LogP contribution in [0.5, 0.6) is 0 Å². The first kappa shape index (κ1) is 15.8. The van der Waals surface area contributed by atoms with Gasteiger partial charge in [-0.3, -0.25) is 4.79 Å². The number of amides is 1. The van der Waals surface area contributed by atoms with Gasteiger partial charge in [0, 0.05) is 12.1 Å². The van der Waals surface area contributed by atoms with Crippen molar-refractivity contribution in [1.29, 1.82) is 0 Å². The standard InChI is InChI=1S/C21H25NO/c1-16-11-13-17(14-12-16)15-22-21(23)20-10-6-5-9-19(20)18-7-3-2-4-8-18/h2-10,16-17H,11-15H2,1H3,(H,22,23). The lowest BCUT2D eigenvalue weighted by atomic mass is 9.83. The summed E-state index contributed by atoms with van der Waals surface area (Å²) in [6.45, 7) is 3.12. The fourth-order valence-corrected chi connectivity index (χ4v) is 3.42. The average Bonchev–Trinajstić information content (AvgIpc) is 2.62. The predicted molar refractivity (Wildman–Crippen MR) is 95.3 cm³/mol. The summed E-state index contributed by atoms with van der Waals surface area (Å²) in [4.78, 5) is 12.6. The molecule has 1 aliphatic rings. The molecule has 0 radical (unpaired) electrons. The van der Waals surface area contributed by atoms with Crippen LogP contribution in [-0.2, 0) is 0 Å². The van der Waals surface area contributed by atoms with Gasteiger partial charge < -0.3 is 5.32 Å². The van der Waals surface area contributed by atoms with Crippen molar-refractivity contribution in [3.63, 3.8) is 0 Å². The zero-order valence-electron chi connectivity index (χ0n) is 13.8. The number of rotatable bonds is 4. The van der Waals surface area contributed by atoms with Crippen LogP contribution in [0.2, 0.25) is 0 Å². The Labute approximate surface area is 138 Å². The summed E-state index contributed by atoms with van der Waals surface area (Å²) >= 11 is 0. The van der Waals surface area contributed by atoms with Crippen molar-refractivity contribution < 1.29 is 4.79 Å². The Morgan fingerprint density at radius 3 is 2.35 bits per heavy atom. The third-order valence-corrected chi connectivity index (χ3v) is 4.94. The zero-order chi connectivity index (χ0) is 16.1. The summed E-state index contributed by atoms with van der Waals surface area (Å²) in [5, 5.41) is 3.15. The van der Waals surface area contributed by atoms with Crippen molar-refractivity contribution in [1.82, 2.24) is 5.32 Å². The van der Waals surface area contributed by atoms with E-state index in [1.54, 1.807) is 0 Å². The average molecular weight is 307 g/mol. The molecule has 1 N–H and O–H groups in total. The van der Waals surface area contributed by atoms with E-state index in [9.17, 15) is 4.79 Å². The lowest BCUT2D eigenvalue weighted by Crippen LogP contribution is -2.31. The number of carbonyl (C=O) groups is 1. The monoisotopic (exact) mass is 307 g/mol. The summed E-state index contributed by atoms with van der Waals surface area (Å²) in [6.07, 6.45) is 5.06. The highest BCUT2D eigenvalue weighted by Crippen LogP contribution is 2.28. The van der Waals surface area contributed by atoms with Gasteiger partial charge in [-0.15, -0.1) is 0 Å². The van der Waals surface area contributed by atoms with Crippen LogP contribution in [0.3, 0.4) is 0 Å². The Morgan fingerprint density at radius 1 is 0.957 bits per heavy atom. The maximum absolute atomic E-state index is 12.6. The normalized spacial score (nSPS) is 20.9. The number of nitrogens with one attached hydrogen (secondary N) is 1. The largest absolute Gasteiger partial charge is 0.352 e. The minimum absolute atomic E-state index is 0.0445. The molecule has 1 saturated carbocycles. The molecule has 0 unspecified atom stereocenters. The fourth-order valence-electron chi connectivity index (χ4n) is 3.42. The Morgan fingerprint density at radius 2 is 1.61 bits per heavy atom. The first-order chi connectivity index (χ1) is 11.2. The lowest BCUT2D eigenvalue weighted by molar-refractivity contribution is 0.0942. The van der Waals surface area contributed by atoms with E-state index in [1.807, 2.05) is 42.5 Å². The molecule has 1 aliphatic carbocycles. The number of benzene rings is 2. The molecule has 1 fully saturated rings. The Bertz CT molecular complexity index is 642. The van der Waals surface area contributed by atoms with Crippen molar-refractivity contribution in [2.45, 2.75) is 32.6 Å². The van der Waals surface area contributed by atoms with Crippen LogP contribution < -0.4 is 5.32 Å². The van der Waals surface area contributed by atoms with Gasteiger partial charge in [-0.1, -0.05) is 68.3 Å². The van der Waals surface area contributed by atoms with E-state index in [1.165, 1.54) is 25.7 Å². The molecule has 23 heavy (non-hydrogen) atoms. The second kappa shape index (κ2) is 7.45. The minimum atomic E-state index is 0.0445. The van der Waals surface area contributed by atoms with Gasteiger partial charge in [0.15, 0.2) is 0 Å². The second-order valence-electron chi connectivity index (χ2n) is 6.75. The molecule has 0 saturated heterocycles. The summed E-state index contributed by atoms with van der Waals surface area (Å²) in [7, 11) is 0. The summed E-state index contributed by atoms with van der Waals surface area (Å²) in [5.74, 6) is 1.53. The molecule has 2 heteroatoms. The third-order valence-electron chi connectivity index (χ3n) is 4.94.